The normalized spacial score (nSPS) is 11.3. The Bertz CT molecular complexity index is 2850. The summed E-state index contributed by atoms with van der Waals surface area (Å²) in [6.07, 6.45) is 0. The van der Waals surface area contributed by atoms with Gasteiger partial charge in [0.15, 0.2) is 17.5 Å². The minimum Gasteiger partial charge on any atom is -0.208 e. The Labute approximate surface area is 323 Å². The monoisotopic (exact) mass is 719 g/mol. The summed E-state index contributed by atoms with van der Waals surface area (Å²) in [6.45, 7) is 0. The fourth-order valence-corrected chi connectivity index (χ4v) is 8.56. The summed E-state index contributed by atoms with van der Waals surface area (Å²) in [7, 11) is 0. The van der Waals surface area contributed by atoms with Gasteiger partial charge in [0.05, 0.1) is 0 Å². The number of hydrogen-bond acceptors (Lipinski definition) is 4. The van der Waals surface area contributed by atoms with Crippen molar-refractivity contribution in [1.29, 1.82) is 0 Å². The highest BCUT2D eigenvalue weighted by molar-refractivity contribution is 7.25. The Kier molecular flexibility index (Phi) is 8.36. The summed E-state index contributed by atoms with van der Waals surface area (Å²) in [6, 6.07) is 70.4. The molecule has 10 aromatic rings. The maximum absolute atomic E-state index is 5.18. The second-order valence-electron chi connectivity index (χ2n) is 13.6. The summed E-state index contributed by atoms with van der Waals surface area (Å²) < 4.78 is 2.64. The van der Waals surface area contributed by atoms with E-state index in [9.17, 15) is 0 Å². The second-order valence-corrected chi connectivity index (χ2v) is 14.7. The van der Waals surface area contributed by atoms with Crippen molar-refractivity contribution in [3.8, 4) is 78.7 Å². The molecule has 0 aliphatic heterocycles. The zero-order valence-electron chi connectivity index (χ0n) is 29.8. The third-order valence-electron chi connectivity index (χ3n) is 10.2. The summed E-state index contributed by atoms with van der Waals surface area (Å²) in [4.78, 5) is 15.5. The van der Waals surface area contributed by atoms with Crippen molar-refractivity contribution in [3.05, 3.63) is 200 Å². The van der Waals surface area contributed by atoms with Crippen LogP contribution in [0, 0.1) is 0 Å². The SMILES string of the molecule is c1ccc(-c2ccccc2-c2nc(-c3ccc(-c4ccc(-c5ccc6c(c5)sc5ccccc56)cc4)cc3)nc(-c3ccccc3-c3ccccc3)n2)cc1. The highest BCUT2D eigenvalue weighted by atomic mass is 32.1. The third kappa shape index (κ3) is 6.29. The van der Waals surface area contributed by atoms with E-state index in [4.69, 9.17) is 15.0 Å². The molecule has 0 atom stereocenters. The Morgan fingerprint density at radius 2 is 0.655 bits per heavy atom. The zero-order valence-corrected chi connectivity index (χ0v) is 30.6. The minimum absolute atomic E-state index is 0.629. The van der Waals surface area contributed by atoms with E-state index < -0.39 is 0 Å². The van der Waals surface area contributed by atoms with E-state index in [1.807, 2.05) is 35.6 Å². The molecule has 0 radical (unpaired) electrons. The molecule has 258 valence electrons. The number of benzene rings is 8. The van der Waals surface area contributed by atoms with Crippen molar-refractivity contribution in [2.75, 3.05) is 0 Å². The maximum atomic E-state index is 5.18. The number of hydrogen-bond donors (Lipinski definition) is 0. The molecular weight excluding hydrogens is 687 g/mol. The molecule has 55 heavy (non-hydrogen) atoms. The molecule has 0 fully saturated rings. The molecule has 0 amide bonds. The molecular formula is C51H33N3S. The van der Waals surface area contributed by atoms with Gasteiger partial charge >= 0.3 is 0 Å². The van der Waals surface area contributed by atoms with Crippen LogP contribution in [0.15, 0.2) is 200 Å². The van der Waals surface area contributed by atoms with E-state index in [1.54, 1.807) is 0 Å². The van der Waals surface area contributed by atoms with Crippen molar-refractivity contribution in [1.82, 2.24) is 15.0 Å². The third-order valence-corrected chi connectivity index (χ3v) is 11.3. The Morgan fingerprint density at radius 1 is 0.255 bits per heavy atom. The van der Waals surface area contributed by atoms with Gasteiger partial charge in [-0.25, -0.2) is 15.0 Å². The van der Waals surface area contributed by atoms with Crippen LogP contribution in [0.25, 0.3) is 98.8 Å². The fraction of sp³-hybridized carbons (Fsp3) is 0. The lowest BCUT2D eigenvalue weighted by Crippen LogP contribution is -2.02. The van der Waals surface area contributed by atoms with Gasteiger partial charge in [0.25, 0.3) is 0 Å². The standard InChI is InChI=1S/C51H33N3S/c1-3-13-37(14-4-1)41-17-7-9-20-45(41)50-52-49(53-51(54-50)46-21-10-8-18-42(46)38-15-5-2-6-16-38)39-29-27-35(28-30-39)34-23-25-36(26-24-34)40-31-32-44-43-19-11-12-22-47(43)55-48(44)33-40/h1-33H. The van der Waals surface area contributed by atoms with Gasteiger partial charge in [0.2, 0.25) is 0 Å². The van der Waals surface area contributed by atoms with E-state index in [0.29, 0.717) is 17.5 Å². The number of nitrogens with zero attached hydrogens (tertiary/aromatic N) is 3. The van der Waals surface area contributed by atoms with Crippen LogP contribution in [0.2, 0.25) is 0 Å². The quantitative estimate of drug-likeness (QED) is 0.165. The van der Waals surface area contributed by atoms with Gasteiger partial charge < -0.3 is 0 Å². The van der Waals surface area contributed by atoms with Gasteiger partial charge in [-0.15, -0.1) is 11.3 Å². The molecule has 10 rings (SSSR count). The molecule has 0 bridgehead atoms. The first-order valence-corrected chi connectivity index (χ1v) is 19.3. The van der Waals surface area contributed by atoms with Gasteiger partial charge in [-0.2, -0.15) is 0 Å². The van der Waals surface area contributed by atoms with Crippen molar-refractivity contribution < 1.29 is 0 Å². The molecule has 0 N–H and O–H groups in total. The molecule has 0 saturated carbocycles. The second kappa shape index (κ2) is 14.1. The number of rotatable bonds is 7. The van der Waals surface area contributed by atoms with Crippen LogP contribution in [-0.4, -0.2) is 15.0 Å². The lowest BCUT2D eigenvalue weighted by molar-refractivity contribution is 1.07. The van der Waals surface area contributed by atoms with Gasteiger partial charge in [0.1, 0.15) is 0 Å². The Balaban J connectivity index is 1.02. The summed E-state index contributed by atoms with van der Waals surface area (Å²) in [5.41, 5.74) is 11.9. The first-order chi connectivity index (χ1) is 27.2. The molecule has 0 saturated heterocycles. The van der Waals surface area contributed by atoms with Crippen molar-refractivity contribution in [2.45, 2.75) is 0 Å². The summed E-state index contributed by atoms with van der Waals surface area (Å²) in [5.74, 6) is 1.90. The van der Waals surface area contributed by atoms with Gasteiger partial charge in [-0.1, -0.05) is 188 Å². The molecule has 2 aromatic heterocycles. The highest BCUT2D eigenvalue weighted by Crippen LogP contribution is 2.38. The van der Waals surface area contributed by atoms with Crippen molar-refractivity contribution in [3.63, 3.8) is 0 Å². The van der Waals surface area contributed by atoms with E-state index in [0.717, 1.165) is 50.1 Å². The highest BCUT2D eigenvalue weighted by Gasteiger charge is 2.18. The number of aromatic nitrogens is 3. The first kappa shape index (κ1) is 32.6. The molecule has 2 heterocycles. The molecule has 4 heteroatoms. The molecule has 3 nitrogen and oxygen atoms in total. The fourth-order valence-electron chi connectivity index (χ4n) is 7.41. The van der Waals surface area contributed by atoms with Crippen LogP contribution >= 0.6 is 11.3 Å². The first-order valence-electron chi connectivity index (χ1n) is 18.4. The lowest BCUT2D eigenvalue weighted by Gasteiger charge is -2.14. The maximum Gasteiger partial charge on any atom is 0.164 e. The largest absolute Gasteiger partial charge is 0.208 e. The topological polar surface area (TPSA) is 38.7 Å². The van der Waals surface area contributed by atoms with Crippen LogP contribution in [0.1, 0.15) is 0 Å². The number of fused-ring (bicyclic) bond motifs is 3. The zero-order chi connectivity index (χ0) is 36.6. The van der Waals surface area contributed by atoms with Crippen molar-refractivity contribution >= 4 is 31.5 Å². The van der Waals surface area contributed by atoms with Crippen LogP contribution in [0.4, 0.5) is 0 Å². The number of thiophene rings is 1. The van der Waals surface area contributed by atoms with Crippen LogP contribution in [0.3, 0.4) is 0 Å². The molecule has 0 unspecified atom stereocenters. The summed E-state index contributed by atoms with van der Waals surface area (Å²) in [5, 5.41) is 2.64. The Morgan fingerprint density at radius 3 is 1.22 bits per heavy atom. The lowest BCUT2D eigenvalue weighted by atomic mass is 9.97. The Hall–Kier alpha value is -7.01. The van der Waals surface area contributed by atoms with Crippen molar-refractivity contribution in [2.24, 2.45) is 0 Å². The van der Waals surface area contributed by atoms with E-state index in [1.165, 1.54) is 31.3 Å². The van der Waals surface area contributed by atoms with Crippen LogP contribution < -0.4 is 0 Å². The predicted molar refractivity (Wildman–Crippen MR) is 231 cm³/mol. The molecule has 8 aromatic carbocycles. The average Bonchev–Trinajstić information content (AvgIpc) is 3.65. The molecule has 0 aliphatic carbocycles. The average molecular weight is 720 g/mol. The minimum atomic E-state index is 0.629. The van der Waals surface area contributed by atoms with E-state index >= 15 is 0 Å². The van der Waals surface area contributed by atoms with Gasteiger partial charge in [0, 0.05) is 36.9 Å². The van der Waals surface area contributed by atoms with E-state index in [2.05, 4.69) is 176 Å². The summed E-state index contributed by atoms with van der Waals surface area (Å²) >= 11 is 1.85. The van der Waals surface area contributed by atoms with E-state index in [-0.39, 0.29) is 0 Å². The predicted octanol–water partition coefficient (Wildman–Crippen LogP) is 13.9. The van der Waals surface area contributed by atoms with Gasteiger partial charge in [-0.3, -0.25) is 0 Å². The van der Waals surface area contributed by atoms with Crippen LogP contribution in [0.5, 0.6) is 0 Å². The molecule has 0 aliphatic rings. The van der Waals surface area contributed by atoms with Gasteiger partial charge in [-0.05, 0) is 56.6 Å². The smallest absolute Gasteiger partial charge is 0.164 e. The van der Waals surface area contributed by atoms with Crippen LogP contribution in [-0.2, 0) is 0 Å². The molecule has 0 spiro atoms.